The Morgan fingerprint density at radius 3 is 2.21 bits per heavy atom. The number of hydrogen-bond acceptors (Lipinski definition) is 6. The molecule has 6 nitrogen and oxygen atoms in total. The summed E-state index contributed by atoms with van der Waals surface area (Å²) < 4.78 is 0. The zero-order valence-corrected chi connectivity index (χ0v) is 13.8. The van der Waals surface area contributed by atoms with Crippen LogP contribution in [-0.2, 0) is 0 Å². The summed E-state index contributed by atoms with van der Waals surface area (Å²) in [4.78, 5) is 8.01. The quantitative estimate of drug-likeness (QED) is 0.589. The van der Waals surface area contributed by atoms with Crippen LogP contribution >= 0.6 is 0 Å². The van der Waals surface area contributed by atoms with Gasteiger partial charge in [0.05, 0.1) is 11.4 Å². The van der Waals surface area contributed by atoms with E-state index < -0.39 is 0 Å². The van der Waals surface area contributed by atoms with E-state index in [-0.39, 0.29) is 0 Å². The van der Waals surface area contributed by atoms with Crippen LogP contribution in [0, 0.1) is 6.92 Å². The molecule has 124 valence electrons. The number of nitrogens with one attached hydrogen (secondary N) is 2. The molecule has 6 heteroatoms. The SMILES string of the molecule is CNc1ncccc1N.Cc1ccnc(N)c1Nc1ccccc1. The number of benzene rings is 1. The summed E-state index contributed by atoms with van der Waals surface area (Å²) in [5.41, 5.74) is 15.0. The van der Waals surface area contributed by atoms with E-state index >= 15 is 0 Å². The highest BCUT2D eigenvalue weighted by atomic mass is 15.0. The van der Waals surface area contributed by atoms with Crippen molar-refractivity contribution >= 4 is 28.7 Å². The summed E-state index contributed by atoms with van der Waals surface area (Å²) in [5, 5.41) is 6.11. The molecule has 0 fully saturated rings. The van der Waals surface area contributed by atoms with Crippen molar-refractivity contribution < 1.29 is 0 Å². The topological polar surface area (TPSA) is 102 Å². The van der Waals surface area contributed by atoms with Crippen LogP contribution in [0.4, 0.5) is 28.7 Å². The largest absolute Gasteiger partial charge is 0.396 e. The zero-order chi connectivity index (χ0) is 17.4. The van der Waals surface area contributed by atoms with Crippen molar-refractivity contribution in [2.24, 2.45) is 0 Å². The van der Waals surface area contributed by atoms with Crippen molar-refractivity contribution in [3.8, 4) is 0 Å². The summed E-state index contributed by atoms with van der Waals surface area (Å²) in [6, 6.07) is 15.5. The number of rotatable bonds is 3. The van der Waals surface area contributed by atoms with E-state index in [2.05, 4.69) is 20.6 Å². The number of para-hydroxylation sites is 1. The van der Waals surface area contributed by atoms with Gasteiger partial charge in [-0.05, 0) is 42.8 Å². The molecule has 24 heavy (non-hydrogen) atoms. The van der Waals surface area contributed by atoms with Crippen molar-refractivity contribution in [3.63, 3.8) is 0 Å². The smallest absolute Gasteiger partial charge is 0.148 e. The molecule has 0 radical (unpaired) electrons. The molecule has 0 aliphatic carbocycles. The fourth-order valence-corrected chi connectivity index (χ4v) is 2.03. The van der Waals surface area contributed by atoms with Gasteiger partial charge < -0.3 is 22.1 Å². The van der Waals surface area contributed by atoms with Gasteiger partial charge in [-0.1, -0.05) is 18.2 Å². The first-order chi connectivity index (χ1) is 11.6. The second-order valence-corrected chi connectivity index (χ2v) is 5.07. The van der Waals surface area contributed by atoms with Crippen LogP contribution in [0.3, 0.4) is 0 Å². The number of nitrogen functional groups attached to an aromatic ring is 2. The van der Waals surface area contributed by atoms with E-state index in [0.717, 1.165) is 22.8 Å². The maximum Gasteiger partial charge on any atom is 0.148 e. The number of hydrogen-bond donors (Lipinski definition) is 4. The first-order valence-corrected chi connectivity index (χ1v) is 7.53. The molecule has 0 bridgehead atoms. The molecule has 0 saturated heterocycles. The molecule has 0 aliphatic heterocycles. The van der Waals surface area contributed by atoms with Gasteiger partial charge in [-0.2, -0.15) is 0 Å². The number of anilines is 5. The summed E-state index contributed by atoms with van der Waals surface area (Å²) >= 11 is 0. The third-order valence-corrected chi connectivity index (χ3v) is 3.31. The normalized spacial score (nSPS) is 9.58. The standard InChI is InChI=1S/C12H13N3.C6H9N3/c1-9-7-8-14-12(13)11(9)15-10-5-3-2-4-6-10;1-8-6-5(7)3-2-4-9-6/h2-8,15H,1H3,(H2,13,14);2-4H,7H2,1H3,(H,8,9). The van der Waals surface area contributed by atoms with Gasteiger partial charge in [0.2, 0.25) is 0 Å². The molecule has 6 N–H and O–H groups in total. The molecule has 2 heterocycles. The molecular formula is C18H22N6. The molecule has 1 aromatic carbocycles. The van der Waals surface area contributed by atoms with Gasteiger partial charge in [0, 0.05) is 25.1 Å². The lowest BCUT2D eigenvalue weighted by Crippen LogP contribution is -2.00. The second kappa shape index (κ2) is 8.38. The van der Waals surface area contributed by atoms with Crippen LogP contribution in [0.25, 0.3) is 0 Å². The lowest BCUT2D eigenvalue weighted by molar-refractivity contribution is 1.29. The second-order valence-electron chi connectivity index (χ2n) is 5.07. The molecule has 0 aliphatic rings. The Morgan fingerprint density at radius 1 is 0.875 bits per heavy atom. The fourth-order valence-electron chi connectivity index (χ4n) is 2.03. The minimum Gasteiger partial charge on any atom is -0.396 e. The first kappa shape index (κ1) is 17.1. The zero-order valence-electron chi connectivity index (χ0n) is 13.8. The van der Waals surface area contributed by atoms with E-state index in [1.165, 1.54) is 0 Å². The van der Waals surface area contributed by atoms with E-state index in [4.69, 9.17) is 11.5 Å². The molecule has 0 atom stereocenters. The maximum atomic E-state index is 5.80. The number of pyridine rings is 2. The van der Waals surface area contributed by atoms with Crippen molar-refractivity contribution in [2.45, 2.75) is 6.92 Å². The van der Waals surface area contributed by atoms with Crippen molar-refractivity contribution in [3.05, 3.63) is 66.5 Å². The van der Waals surface area contributed by atoms with Gasteiger partial charge in [0.25, 0.3) is 0 Å². The van der Waals surface area contributed by atoms with E-state index in [1.54, 1.807) is 31.6 Å². The van der Waals surface area contributed by atoms with Crippen LogP contribution in [0.2, 0.25) is 0 Å². The predicted octanol–water partition coefficient (Wildman–Crippen LogP) is 3.42. The third kappa shape index (κ3) is 4.61. The van der Waals surface area contributed by atoms with Crippen LogP contribution < -0.4 is 22.1 Å². The van der Waals surface area contributed by atoms with E-state index in [1.807, 2.05) is 43.3 Å². The Balaban J connectivity index is 0.000000198. The Labute approximate surface area is 142 Å². The summed E-state index contributed by atoms with van der Waals surface area (Å²) in [6.45, 7) is 2.00. The molecular weight excluding hydrogens is 300 g/mol. The van der Waals surface area contributed by atoms with Crippen LogP contribution in [-0.4, -0.2) is 17.0 Å². The van der Waals surface area contributed by atoms with Crippen LogP contribution in [0.5, 0.6) is 0 Å². The van der Waals surface area contributed by atoms with Gasteiger partial charge >= 0.3 is 0 Å². The first-order valence-electron chi connectivity index (χ1n) is 7.53. The van der Waals surface area contributed by atoms with Gasteiger partial charge in [-0.3, -0.25) is 0 Å². The number of aromatic nitrogens is 2. The average molecular weight is 322 g/mol. The molecule has 0 amide bonds. The third-order valence-electron chi connectivity index (χ3n) is 3.31. The van der Waals surface area contributed by atoms with E-state index in [9.17, 15) is 0 Å². The molecule has 3 rings (SSSR count). The lowest BCUT2D eigenvalue weighted by atomic mass is 10.2. The Morgan fingerprint density at radius 2 is 1.62 bits per heavy atom. The van der Waals surface area contributed by atoms with Gasteiger partial charge in [-0.25, -0.2) is 9.97 Å². The molecule has 0 saturated carbocycles. The molecule has 3 aromatic rings. The van der Waals surface area contributed by atoms with Crippen molar-refractivity contribution in [1.82, 2.24) is 9.97 Å². The number of nitrogens with two attached hydrogens (primary N) is 2. The fraction of sp³-hybridized carbons (Fsp3) is 0.111. The Hall–Kier alpha value is -3.28. The van der Waals surface area contributed by atoms with Crippen molar-refractivity contribution in [1.29, 1.82) is 0 Å². The predicted molar refractivity (Wildman–Crippen MR) is 101 cm³/mol. The maximum absolute atomic E-state index is 5.80. The minimum absolute atomic E-state index is 0.527. The number of aryl methyl sites for hydroxylation is 1. The minimum atomic E-state index is 0.527. The lowest BCUT2D eigenvalue weighted by Gasteiger charge is -2.10. The van der Waals surface area contributed by atoms with Crippen LogP contribution in [0.1, 0.15) is 5.56 Å². The number of nitrogens with zero attached hydrogens (tertiary/aromatic N) is 2. The molecule has 2 aromatic heterocycles. The van der Waals surface area contributed by atoms with Gasteiger partial charge in [-0.15, -0.1) is 0 Å². The summed E-state index contributed by atoms with van der Waals surface area (Å²) in [7, 11) is 1.79. The highest BCUT2D eigenvalue weighted by Gasteiger charge is 2.03. The summed E-state index contributed by atoms with van der Waals surface area (Å²) in [6.07, 6.45) is 3.41. The van der Waals surface area contributed by atoms with Crippen LogP contribution in [0.15, 0.2) is 60.9 Å². The molecule has 0 spiro atoms. The highest BCUT2D eigenvalue weighted by Crippen LogP contribution is 2.24. The van der Waals surface area contributed by atoms with Gasteiger partial charge in [0.15, 0.2) is 0 Å². The Kier molecular flexibility index (Phi) is 5.96. The van der Waals surface area contributed by atoms with Gasteiger partial charge in [0.1, 0.15) is 11.6 Å². The molecule has 0 unspecified atom stereocenters. The highest BCUT2D eigenvalue weighted by molar-refractivity contribution is 5.72. The monoisotopic (exact) mass is 322 g/mol. The summed E-state index contributed by atoms with van der Waals surface area (Å²) in [5.74, 6) is 1.26. The average Bonchev–Trinajstić information content (AvgIpc) is 2.60. The Bertz CT molecular complexity index is 753. The van der Waals surface area contributed by atoms with Crippen molar-refractivity contribution in [2.75, 3.05) is 29.1 Å². The van der Waals surface area contributed by atoms with E-state index in [0.29, 0.717) is 11.5 Å².